The molecule has 0 amide bonds. The number of imidazole rings is 2. The third-order valence-corrected chi connectivity index (χ3v) is 3.26. The van der Waals surface area contributed by atoms with Gasteiger partial charge in [-0.3, -0.25) is 9.20 Å². The van der Waals surface area contributed by atoms with Crippen LogP contribution in [0.2, 0.25) is 0 Å². The van der Waals surface area contributed by atoms with E-state index >= 15 is 0 Å². The third kappa shape index (κ3) is 1.71. The molecule has 3 rings (SSSR count). The Kier molecular flexibility index (Phi) is 2.50. The van der Waals surface area contributed by atoms with Crippen LogP contribution in [-0.2, 0) is 18.3 Å². The van der Waals surface area contributed by atoms with E-state index in [1.807, 2.05) is 0 Å². The van der Waals surface area contributed by atoms with E-state index in [4.69, 9.17) is 10.2 Å². The second-order valence-electron chi connectivity index (χ2n) is 4.54. The minimum absolute atomic E-state index is 0.111. The molecule has 3 aromatic rings. The highest BCUT2D eigenvalue weighted by Crippen LogP contribution is 2.20. The van der Waals surface area contributed by atoms with Crippen molar-refractivity contribution in [1.82, 2.24) is 14.0 Å². The number of carbonyl (C=O) groups is 2. The fourth-order valence-electron chi connectivity index (χ4n) is 2.26. The molecule has 0 aliphatic rings. The molecule has 0 aliphatic carbocycles. The molecule has 1 aromatic carbocycles. The van der Waals surface area contributed by atoms with Gasteiger partial charge in [-0.05, 0) is 18.2 Å². The zero-order valence-corrected chi connectivity index (χ0v) is 10.6. The fourth-order valence-corrected chi connectivity index (χ4v) is 2.26. The molecule has 7 heteroatoms. The first-order valence-corrected chi connectivity index (χ1v) is 5.89. The zero-order chi connectivity index (χ0) is 14.4. The summed E-state index contributed by atoms with van der Waals surface area (Å²) in [6, 6.07) is 4.67. The van der Waals surface area contributed by atoms with Gasteiger partial charge in [-0.25, -0.2) is 9.78 Å². The second kappa shape index (κ2) is 4.09. The lowest BCUT2D eigenvalue weighted by molar-refractivity contribution is -0.136. The Balaban J connectivity index is 2.27. The minimum Gasteiger partial charge on any atom is -0.481 e. The molecule has 0 atom stereocenters. The van der Waals surface area contributed by atoms with E-state index in [0.29, 0.717) is 22.5 Å². The number of carboxylic acid groups (broad SMARTS) is 2. The summed E-state index contributed by atoms with van der Waals surface area (Å²) < 4.78 is 3.40. The zero-order valence-electron chi connectivity index (χ0n) is 10.6. The Morgan fingerprint density at radius 1 is 1.30 bits per heavy atom. The van der Waals surface area contributed by atoms with E-state index in [1.165, 1.54) is 12.1 Å². The van der Waals surface area contributed by atoms with Crippen molar-refractivity contribution in [3.63, 3.8) is 0 Å². The predicted molar refractivity (Wildman–Crippen MR) is 70.0 cm³/mol. The first-order chi connectivity index (χ1) is 9.47. The van der Waals surface area contributed by atoms with E-state index in [-0.39, 0.29) is 12.0 Å². The smallest absolute Gasteiger partial charge is 0.335 e. The predicted octanol–water partition coefficient (Wildman–Crippen LogP) is 1.15. The van der Waals surface area contributed by atoms with E-state index < -0.39 is 11.9 Å². The molecule has 0 spiro atoms. The maximum atomic E-state index is 11.0. The topological polar surface area (TPSA) is 96.8 Å². The number of aromatic carboxylic acids is 1. The SMILES string of the molecule is Cn1c(CC(=O)O)cn2c3cc(C(=O)O)ccc3nc12. The fraction of sp³-hybridized carbons (Fsp3) is 0.154. The second-order valence-corrected chi connectivity index (χ2v) is 4.54. The molecule has 2 aromatic heterocycles. The number of aliphatic carboxylic acids is 1. The van der Waals surface area contributed by atoms with E-state index in [1.54, 1.807) is 28.3 Å². The molecule has 0 radical (unpaired) electrons. The van der Waals surface area contributed by atoms with Crippen LogP contribution in [0.15, 0.2) is 24.4 Å². The van der Waals surface area contributed by atoms with E-state index in [9.17, 15) is 9.59 Å². The van der Waals surface area contributed by atoms with Gasteiger partial charge in [0.15, 0.2) is 0 Å². The molecular formula is C13H11N3O4. The number of benzene rings is 1. The van der Waals surface area contributed by atoms with Crippen molar-refractivity contribution in [2.75, 3.05) is 0 Å². The van der Waals surface area contributed by atoms with Crippen LogP contribution in [0.4, 0.5) is 0 Å². The average Bonchev–Trinajstić information content (AvgIpc) is 2.87. The number of carboxylic acids is 2. The van der Waals surface area contributed by atoms with Crippen LogP contribution in [0, 0.1) is 0 Å². The summed E-state index contributed by atoms with van der Waals surface area (Å²) in [6.07, 6.45) is 1.56. The first-order valence-electron chi connectivity index (χ1n) is 5.89. The highest BCUT2D eigenvalue weighted by atomic mass is 16.4. The molecule has 20 heavy (non-hydrogen) atoms. The number of rotatable bonds is 3. The lowest BCUT2D eigenvalue weighted by Gasteiger charge is -1.97. The van der Waals surface area contributed by atoms with Crippen LogP contribution in [0.25, 0.3) is 16.8 Å². The molecule has 0 saturated carbocycles. The van der Waals surface area contributed by atoms with Gasteiger partial charge in [-0.15, -0.1) is 0 Å². The quantitative estimate of drug-likeness (QED) is 0.746. The average molecular weight is 273 g/mol. The van der Waals surface area contributed by atoms with Crippen LogP contribution >= 0.6 is 0 Å². The standard InChI is InChI=1S/C13H11N3O4/c1-15-8(5-11(17)18)6-16-10-4-7(12(19)20)2-3-9(10)14-13(15)16/h2-4,6H,5H2,1H3,(H,17,18)(H,19,20). The van der Waals surface area contributed by atoms with Crippen LogP contribution < -0.4 is 0 Å². The highest BCUT2D eigenvalue weighted by molar-refractivity contribution is 5.93. The van der Waals surface area contributed by atoms with Crippen molar-refractivity contribution in [3.8, 4) is 0 Å². The highest BCUT2D eigenvalue weighted by Gasteiger charge is 2.15. The Morgan fingerprint density at radius 2 is 2.05 bits per heavy atom. The van der Waals surface area contributed by atoms with E-state index in [2.05, 4.69) is 4.98 Å². The van der Waals surface area contributed by atoms with Gasteiger partial charge in [-0.1, -0.05) is 0 Å². The maximum absolute atomic E-state index is 11.0. The van der Waals surface area contributed by atoms with Crippen LogP contribution in [-0.4, -0.2) is 36.1 Å². The van der Waals surface area contributed by atoms with Gasteiger partial charge in [0, 0.05) is 18.9 Å². The van der Waals surface area contributed by atoms with Gasteiger partial charge in [0.05, 0.1) is 23.0 Å². The Labute approximate surface area is 112 Å². The van der Waals surface area contributed by atoms with Crippen LogP contribution in [0.3, 0.4) is 0 Å². The number of nitrogens with zero attached hydrogens (tertiary/aromatic N) is 3. The van der Waals surface area contributed by atoms with Gasteiger partial charge in [0.1, 0.15) is 0 Å². The maximum Gasteiger partial charge on any atom is 0.335 e. The van der Waals surface area contributed by atoms with Crippen molar-refractivity contribution in [3.05, 3.63) is 35.7 Å². The van der Waals surface area contributed by atoms with Gasteiger partial charge >= 0.3 is 11.9 Å². The van der Waals surface area contributed by atoms with Crippen molar-refractivity contribution in [2.24, 2.45) is 7.05 Å². The van der Waals surface area contributed by atoms with Crippen molar-refractivity contribution < 1.29 is 19.8 Å². The minimum atomic E-state index is -1.01. The van der Waals surface area contributed by atoms with Crippen molar-refractivity contribution in [1.29, 1.82) is 0 Å². The molecule has 0 bridgehead atoms. The Morgan fingerprint density at radius 3 is 2.70 bits per heavy atom. The number of hydrogen-bond donors (Lipinski definition) is 2. The molecule has 0 aliphatic heterocycles. The van der Waals surface area contributed by atoms with Crippen molar-refractivity contribution >= 4 is 28.7 Å². The molecule has 0 fully saturated rings. The monoisotopic (exact) mass is 273 g/mol. The summed E-state index contributed by atoms with van der Waals surface area (Å²) in [7, 11) is 1.73. The van der Waals surface area contributed by atoms with E-state index in [0.717, 1.165) is 0 Å². The normalized spacial score (nSPS) is 11.2. The van der Waals surface area contributed by atoms with Gasteiger partial charge in [0.2, 0.25) is 5.78 Å². The largest absolute Gasteiger partial charge is 0.481 e. The number of fused-ring (bicyclic) bond motifs is 3. The summed E-state index contributed by atoms with van der Waals surface area (Å²) in [4.78, 5) is 26.2. The molecule has 0 unspecified atom stereocenters. The van der Waals surface area contributed by atoms with Gasteiger partial charge in [-0.2, -0.15) is 0 Å². The molecule has 2 heterocycles. The Hall–Kier alpha value is -2.83. The molecule has 7 nitrogen and oxygen atoms in total. The lowest BCUT2D eigenvalue weighted by atomic mass is 10.2. The van der Waals surface area contributed by atoms with Crippen molar-refractivity contribution in [2.45, 2.75) is 6.42 Å². The van der Waals surface area contributed by atoms with Crippen LogP contribution in [0.1, 0.15) is 16.1 Å². The summed E-state index contributed by atoms with van der Waals surface area (Å²) in [5.74, 6) is -1.35. The lowest BCUT2D eigenvalue weighted by Crippen LogP contribution is -2.05. The molecular weight excluding hydrogens is 262 g/mol. The summed E-state index contributed by atoms with van der Waals surface area (Å²) in [6.45, 7) is 0. The summed E-state index contributed by atoms with van der Waals surface area (Å²) >= 11 is 0. The molecule has 2 N–H and O–H groups in total. The Bertz CT molecular complexity index is 859. The number of aryl methyl sites for hydroxylation is 1. The summed E-state index contributed by atoms with van der Waals surface area (Å²) in [5, 5.41) is 17.9. The van der Waals surface area contributed by atoms with Crippen LogP contribution in [0.5, 0.6) is 0 Å². The number of hydrogen-bond acceptors (Lipinski definition) is 3. The molecule has 0 saturated heterocycles. The number of aromatic nitrogens is 3. The van der Waals surface area contributed by atoms with Gasteiger partial charge < -0.3 is 14.8 Å². The summed E-state index contributed by atoms with van der Waals surface area (Å²) in [5.41, 5.74) is 2.08. The van der Waals surface area contributed by atoms with Gasteiger partial charge in [0.25, 0.3) is 0 Å². The first kappa shape index (κ1) is 12.2. The third-order valence-electron chi connectivity index (χ3n) is 3.26. The molecule has 102 valence electrons.